The van der Waals surface area contributed by atoms with Crippen LogP contribution in [0.4, 0.5) is 0 Å². The highest BCUT2D eigenvalue weighted by Crippen LogP contribution is 2.41. The fourth-order valence-electron chi connectivity index (χ4n) is 2.82. The van der Waals surface area contributed by atoms with Crippen molar-refractivity contribution >= 4 is 23.6 Å². The van der Waals surface area contributed by atoms with Crippen LogP contribution in [0.1, 0.15) is 21.6 Å². The second kappa shape index (κ2) is 6.77. The molecule has 0 spiro atoms. The predicted molar refractivity (Wildman–Crippen MR) is 103 cm³/mol. The van der Waals surface area contributed by atoms with Crippen LogP contribution in [0.3, 0.4) is 0 Å². The molecule has 1 aliphatic heterocycles. The Hall–Kier alpha value is -2.92. The number of hydrogen-bond acceptors (Lipinski definition) is 5. The Balaban J connectivity index is 1.70. The van der Waals surface area contributed by atoms with Gasteiger partial charge in [-0.3, -0.25) is 4.79 Å². The highest BCUT2D eigenvalue weighted by atomic mass is 32.2. The molecule has 0 N–H and O–H groups in total. The highest BCUT2D eigenvalue weighted by Gasteiger charge is 2.30. The van der Waals surface area contributed by atoms with Crippen LogP contribution < -0.4 is 4.74 Å². The molecule has 0 unspecified atom stereocenters. The molecule has 0 radical (unpaired) electrons. The van der Waals surface area contributed by atoms with Crippen molar-refractivity contribution in [1.82, 2.24) is 9.97 Å². The molecule has 0 bridgehead atoms. The zero-order valence-electron chi connectivity index (χ0n) is 14.4. The molecule has 0 saturated heterocycles. The summed E-state index contributed by atoms with van der Waals surface area (Å²) >= 11 is 1.40. The number of aromatic nitrogens is 2. The van der Waals surface area contributed by atoms with Crippen molar-refractivity contribution in [3.8, 4) is 17.1 Å². The van der Waals surface area contributed by atoms with E-state index in [-0.39, 0.29) is 5.78 Å². The Morgan fingerprint density at radius 1 is 1.00 bits per heavy atom. The van der Waals surface area contributed by atoms with Crippen molar-refractivity contribution in [2.24, 2.45) is 0 Å². The molecule has 1 aliphatic rings. The summed E-state index contributed by atoms with van der Waals surface area (Å²) in [6.45, 7) is 1.86. The lowest BCUT2D eigenvalue weighted by Gasteiger charge is -2.04. The Labute approximate surface area is 156 Å². The summed E-state index contributed by atoms with van der Waals surface area (Å²) in [5, 5.41) is 0.723. The highest BCUT2D eigenvalue weighted by molar-refractivity contribution is 8.04. The number of aryl methyl sites for hydroxylation is 1. The second-order valence-corrected chi connectivity index (χ2v) is 6.92. The second-order valence-electron chi connectivity index (χ2n) is 5.89. The van der Waals surface area contributed by atoms with Gasteiger partial charge in [0.05, 0.1) is 23.3 Å². The monoisotopic (exact) mass is 360 g/mol. The number of ether oxygens (including phenoxy) is 1. The largest absolute Gasteiger partial charge is 0.497 e. The molecule has 5 heteroatoms. The Morgan fingerprint density at radius 2 is 1.73 bits per heavy atom. The summed E-state index contributed by atoms with van der Waals surface area (Å²) in [4.78, 5) is 22.6. The van der Waals surface area contributed by atoms with Crippen LogP contribution in [0.5, 0.6) is 5.75 Å². The lowest BCUT2D eigenvalue weighted by molar-refractivity contribution is 0.104. The summed E-state index contributed by atoms with van der Waals surface area (Å²) in [5.74, 6) is 1.42. The molecule has 128 valence electrons. The molecule has 1 aromatic heterocycles. The summed E-state index contributed by atoms with van der Waals surface area (Å²) in [5.41, 5.74) is 3.21. The van der Waals surface area contributed by atoms with E-state index in [9.17, 15) is 4.79 Å². The number of thioether (sulfide) groups is 1. The van der Waals surface area contributed by atoms with E-state index < -0.39 is 0 Å². The predicted octanol–water partition coefficient (Wildman–Crippen LogP) is 4.79. The number of methoxy groups -OCH3 is 1. The van der Waals surface area contributed by atoms with Crippen molar-refractivity contribution in [2.45, 2.75) is 11.9 Å². The molecule has 0 amide bonds. The van der Waals surface area contributed by atoms with Gasteiger partial charge in [-0.2, -0.15) is 0 Å². The molecule has 0 fully saturated rings. The fourth-order valence-corrected chi connectivity index (χ4v) is 3.89. The van der Waals surface area contributed by atoms with E-state index in [1.165, 1.54) is 11.8 Å². The summed E-state index contributed by atoms with van der Waals surface area (Å²) in [6.07, 6.45) is 1.88. The van der Waals surface area contributed by atoms with E-state index >= 15 is 0 Å². The standard InChI is InChI=1S/C21H16N2O2S/c1-13-18-19(24)17(12-14-8-10-16(25-2)11-9-14)26-21(18)23-20(22-13)15-6-4-3-5-7-15/h3-12H,1-2H3. The average Bonchev–Trinajstić information content (AvgIpc) is 2.99. The van der Waals surface area contributed by atoms with Gasteiger partial charge in [0.25, 0.3) is 0 Å². The number of Topliss-reactive ketones (excluding diaryl/α,β-unsaturated/α-hetero) is 1. The van der Waals surface area contributed by atoms with Gasteiger partial charge in [-0.15, -0.1) is 0 Å². The van der Waals surface area contributed by atoms with Crippen molar-refractivity contribution in [2.75, 3.05) is 7.11 Å². The lowest BCUT2D eigenvalue weighted by atomic mass is 10.1. The van der Waals surface area contributed by atoms with Gasteiger partial charge in [-0.05, 0) is 30.7 Å². The number of benzene rings is 2. The van der Waals surface area contributed by atoms with E-state index in [0.717, 1.165) is 21.9 Å². The van der Waals surface area contributed by atoms with E-state index in [4.69, 9.17) is 4.74 Å². The summed E-state index contributed by atoms with van der Waals surface area (Å²) in [6, 6.07) is 17.4. The lowest BCUT2D eigenvalue weighted by Crippen LogP contribution is -2.03. The van der Waals surface area contributed by atoms with Gasteiger partial charge < -0.3 is 4.74 Å². The Morgan fingerprint density at radius 3 is 2.42 bits per heavy atom. The third-order valence-corrected chi connectivity index (χ3v) is 5.17. The number of carbonyl (C=O) groups is 1. The van der Waals surface area contributed by atoms with Crippen molar-refractivity contribution in [3.05, 3.63) is 76.3 Å². The van der Waals surface area contributed by atoms with Gasteiger partial charge >= 0.3 is 0 Å². The van der Waals surface area contributed by atoms with Gasteiger partial charge in [-0.1, -0.05) is 54.2 Å². The van der Waals surface area contributed by atoms with Crippen molar-refractivity contribution in [1.29, 1.82) is 0 Å². The number of carbonyl (C=O) groups excluding carboxylic acids is 1. The number of rotatable bonds is 3. The number of ketones is 1. The maximum absolute atomic E-state index is 12.8. The van der Waals surface area contributed by atoms with Crippen LogP contribution >= 0.6 is 11.8 Å². The molecular weight excluding hydrogens is 344 g/mol. The van der Waals surface area contributed by atoms with E-state index in [1.54, 1.807) is 7.11 Å². The first-order chi connectivity index (χ1) is 12.7. The Kier molecular flexibility index (Phi) is 4.31. The molecule has 0 aliphatic carbocycles. The number of allylic oxidation sites excluding steroid dienone is 1. The molecule has 4 rings (SSSR count). The van der Waals surface area contributed by atoms with Crippen LogP contribution in [0.25, 0.3) is 17.5 Å². The summed E-state index contributed by atoms with van der Waals surface area (Å²) in [7, 11) is 1.63. The summed E-state index contributed by atoms with van der Waals surface area (Å²) < 4.78 is 5.17. The van der Waals surface area contributed by atoms with Crippen molar-refractivity contribution in [3.63, 3.8) is 0 Å². The maximum atomic E-state index is 12.8. The molecule has 4 nitrogen and oxygen atoms in total. The zero-order valence-corrected chi connectivity index (χ0v) is 15.2. The van der Waals surface area contributed by atoms with Gasteiger partial charge in [0.2, 0.25) is 5.78 Å². The van der Waals surface area contributed by atoms with Crippen LogP contribution in [-0.2, 0) is 0 Å². The van der Waals surface area contributed by atoms with Gasteiger partial charge in [0.15, 0.2) is 5.82 Å². The Bertz CT molecular complexity index is 1010. The smallest absolute Gasteiger partial charge is 0.204 e. The first kappa shape index (κ1) is 16.5. The van der Waals surface area contributed by atoms with Crippen LogP contribution in [0.15, 0.2) is 64.5 Å². The van der Waals surface area contributed by atoms with E-state index in [1.807, 2.05) is 67.6 Å². The minimum Gasteiger partial charge on any atom is -0.497 e. The maximum Gasteiger partial charge on any atom is 0.204 e. The zero-order chi connectivity index (χ0) is 18.1. The van der Waals surface area contributed by atoms with Crippen LogP contribution in [0.2, 0.25) is 0 Å². The third kappa shape index (κ3) is 3.02. The van der Waals surface area contributed by atoms with Crippen molar-refractivity contribution < 1.29 is 9.53 Å². The average molecular weight is 360 g/mol. The van der Waals surface area contributed by atoms with Gasteiger partial charge in [0.1, 0.15) is 10.8 Å². The quantitative estimate of drug-likeness (QED) is 0.496. The van der Waals surface area contributed by atoms with E-state index in [0.29, 0.717) is 22.0 Å². The fraction of sp³-hybridized carbons (Fsp3) is 0.0952. The SMILES string of the molecule is COc1ccc(C=C2Sc3nc(-c4ccccc4)nc(C)c3C2=O)cc1. The minimum absolute atomic E-state index is 0.0158. The molecule has 0 saturated carbocycles. The van der Waals surface area contributed by atoms with Crippen LogP contribution in [-0.4, -0.2) is 22.9 Å². The van der Waals surface area contributed by atoms with Gasteiger partial charge in [-0.25, -0.2) is 9.97 Å². The third-order valence-electron chi connectivity index (χ3n) is 4.16. The van der Waals surface area contributed by atoms with Gasteiger partial charge in [0, 0.05) is 5.56 Å². The minimum atomic E-state index is -0.0158. The molecule has 3 aromatic rings. The number of nitrogens with zero attached hydrogens (tertiary/aromatic N) is 2. The van der Waals surface area contributed by atoms with Crippen LogP contribution in [0, 0.1) is 6.92 Å². The van der Waals surface area contributed by atoms with E-state index in [2.05, 4.69) is 9.97 Å². The molecule has 2 heterocycles. The molecular formula is C21H16N2O2S. The topological polar surface area (TPSA) is 52.1 Å². The molecule has 26 heavy (non-hydrogen) atoms. The molecule has 2 aromatic carbocycles. The number of fused-ring (bicyclic) bond motifs is 1. The first-order valence-corrected chi connectivity index (χ1v) is 9.00. The number of hydrogen-bond donors (Lipinski definition) is 0. The normalized spacial score (nSPS) is 14.5. The molecule has 0 atom stereocenters. The first-order valence-electron chi connectivity index (χ1n) is 8.18.